The van der Waals surface area contributed by atoms with Gasteiger partial charge in [0.05, 0.1) is 5.70 Å². The molecule has 2 rings (SSSR count). The molecule has 1 aliphatic carbocycles. The van der Waals surface area contributed by atoms with Crippen molar-refractivity contribution in [3.63, 3.8) is 0 Å². The highest BCUT2D eigenvalue weighted by Crippen LogP contribution is 2.32. The average Bonchev–Trinajstić information content (AvgIpc) is 2.72. The first kappa shape index (κ1) is 14.6. The molecule has 1 unspecified atom stereocenters. The van der Waals surface area contributed by atoms with Crippen LogP contribution in [0.25, 0.3) is 0 Å². The van der Waals surface area contributed by atoms with Crippen LogP contribution >= 0.6 is 0 Å². The van der Waals surface area contributed by atoms with Crippen molar-refractivity contribution >= 4 is 11.7 Å². The third-order valence-corrected chi connectivity index (χ3v) is 3.59. The van der Waals surface area contributed by atoms with Crippen LogP contribution in [0.2, 0.25) is 0 Å². The molecule has 110 valence electrons. The largest absolute Gasteiger partial charge is 0.468 e. The van der Waals surface area contributed by atoms with E-state index in [1.54, 1.807) is 6.08 Å². The van der Waals surface area contributed by atoms with Crippen molar-refractivity contribution in [1.29, 1.82) is 0 Å². The second kappa shape index (κ2) is 6.59. The Morgan fingerprint density at radius 1 is 1.55 bits per heavy atom. The highest BCUT2D eigenvalue weighted by Gasteiger charge is 2.32. The van der Waals surface area contributed by atoms with Crippen molar-refractivity contribution < 1.29 is 14.3 Å². The predicted octanol–water partition coefficient (Wildman–Crippen LogP) is 1.71. The minimum atomic E-state index is -0.107. The number of nitrogens with one attached hydrogen (secondary N) is 1. The van der Waals surface area contributed by atoms with Gasteiger partial charge in [0.15, 0.2) is 12.0 Å². The standard InChI is InChI=1S/C15H22N2O3/c1-3-4-5-14(19)16-9-8-15-17(2)12-7-6-11(18)10-13(12)20-15/h7,10,15H,3-6,8-9H2,1-2H3,(H,16,19). The van der Waals surface area contributed by atoms with Gasteiger partial charge in [0.25, 0.3) is 0 Å². The molecule has 20 heavy (non-hydrogen) atoms. The van der Waals surface area contributed by atoms with Crippen LogP contribution in [0.5, 0.6) is 0 Å². The molecule has 1 atom stereocenters. The quantitative estimate of drug-likeness (QED) is 0.803. The lowest BCUT2D eigenvalue weighted by atomic mass is 10.1. The molecule has 0 spiro atoms. The monoisotopic (exact) mass is 278 g/mol. The van der Waals surface area contributed by atoms with E-state index in [1.807, 2.05) is 18.0 Å². The summed E-state index contributed by atoms with van der Waals surface area (Å²) in [6.07, 6.45) is 7.03. The summed E-state index contributed by atoms with van der Waals surface area (Å²) >= 11 is 0. The lowest BCUT2D eigenvalue weighted by Gasteiger charge is -2.20. The number of ketones is 1. The summed E-state index contributed by atoms with van der Waals surface area (Å²) in [6.45, 7) is 2.66. The molecule has 0 bridgehead atoms. The van der Waals surface area contributed by atoms with Gasteiger partial charge in [-0.2, -0.15) is 0 Å². The number of fused-ring (bicyclic) bond motifs is 1. The number of hydrogen-bond acceptors (Lipinski definition) is 4. The van der Waals surface area contributed by atoms with Gasteiger partial charge in [0, 0.05) is 38.9 Å². The van der Waals surface area contributed by atoms with E-state index >= 15 is 0 Å². The number of rotatable bonds is 6. The molecule has 1 heterocycles. The van der Waals surface area contributed by atoms with Crippen molar-refractivity contribution in [2.24, 2.45) is 0 Å². The van der Waals surface area contributed by atoms with Gasteiger partial charge in [-0.05, 0) is 12.5 Å². The molecular formula is C15H22N2O3. The Hall–Kier alpha value is -1.78. The van der Waals surface area contributed by atoms with Gasteiger partial charge in [-0.1, -0.05) is 13.3 Å². The Labute approximate surface area is 119 Å². The zero-order chi connectivity index (χ0) is 14.5. The van der Waals surface area contributed by atoms with E-state index < -0.39 is 0 Å². The van der Waals surface area contributed by atoms with Crippen LogP contribution in [0.15, 0.2) is 23.6 Å². The maximum atomic E-state index is 11.5. The minimum absolute atomic E-state index is 0.0747. The van der Waals surface area contributed by atoms with E-state index in [0.717, 1.165) is 18.5 Å². The molecule has 0 aromatic heterocycles. The summed E-state index contributed by atoms with van der Waals surface area (Å²) in [7, 11) is 1.95. The second-order valence-electron chi connectivity index (χ2n) is 5.19. The zero-order valence-electron chi connectivity index (χ0n) is 12.1. The molecule has 0 saturated carbocycles. The zero-order valence-corrected chi connectivity index (χ0v) is 12.1. The number of amides is 1. The van der Waals surface area contributed by atoms with Crippen molar-refractivity contribution in [3.8, 4) is 0 Å². The van der Waals surface area contributed by atoms with Gasteiger partial charge in [-0.15, -0.1) is 0 Å². The molecule has 1 aliphatic heterocycles. The topological polar surface area (TPSA) is 58.6 Å². The number of ether oxygens (including phenoxy) is 1. The molecule has 1 fully saturated rings. The number of nitrogens with zero attached hydrogens (tertiary/aromatic N) is 1. The maximum absolute atomic E-state index is 11.5. The lowest BCUT2D eigenvalue weighted by Crippen LogP contribution is -2.31. The molecule has 0 radical (unpaired) electrons. The van der Waals surface area contributed by atoms with Crippen LogP contribution in [0, 0.1) is 0 Å². The Kier molecular flexibility index (Phi) is 4.82. The SMILES string of the molecule is CCCCC(=O)NCCC1OC2=CC(=O)CC=C2N1C. The van der Waals surface area contributed by atoms with Gasteiger partial charge < -0.3 is 15.0 Å². The summed E-state index contributed by atoms with van der Waals surface area (Å²) < 4.78 is 5.76. The highest BCUT2D eigenvalue weighted by atomic mass is 16.5. The van der Waals surface area contributed by atoms with Crippen LogP contribution in [0.1, 0.15) is 39.0 Å². The highest BCUT2D eigenvalue weighted by molar-refractivity contribution is 5.93. The van der Waals surface area contributed by atoms with Crippen molar-refractivity contribution in [2.75, 3.05) is 13.6 Å². The Balaban J connectivity index is 1.79. The van der Waals surface area contributed by atoms with E-state index in [9.17, 15) is 9.59 Å². The third-order valence-electron chi connectivity index (χ3n) is 3.59. The van der Waals surface area contributed by atoms with Crippen molar-refractivity contribution in [3.05, 3.63) is 23.6 Å². The fourth-order valence-corrected chi connectivity index (χ4v) is 2.38. The first-order valence-electron chi connectivity index (χ1n) is 7.23. The minimum Gasteiger partial charge on any atom is -0.468 e. The van der Waals surface area contributed by atoms with Crippen LogP contribution in [-0.4, -0.2) is 36.4 Å². The van der Waals surface area contributed by atoms with Gasteiger partial charge >= 0.3 is 0 Å². The van der Waals surface area contributed by atoms with E-state index in [4.69, 9.17) is 4.74 Å². The Morgan fingerprint density at radius 3 is 3.10 bits per heavy atom. The number of allylic oxidation sites excluding steroid dienone is 2. The van der Waals surface area contributed by atoms with Gasteiger partial charge in [-0.25, -0.2) is 0 Å². The number of hydrogen-bond donors (Lipinski definition) is 1. The van der Waals surface area contributed by atoms with Crippen LogP contribution < -0.4 is 5.32 Å². The molecular weight excluding hydrogens is 256 g/mol. The molecule has 5 nitrogen and oxygen atoms in total. The number of carbonyl (C=O) groups is 2. The van der Waals surface area contributed by atoms with E-state index in [1.165, 1.54) is 0 Å². The Morgan fingerprint density at radius 2 is 2.35 bits per heavy atom. The van der Waals surface area contributed by atoms with Crippen LogP contribution in [-0.2, 0) is 14.3 Å². The fourth-order valence-electron chi connectivity index (χ4n) is 2.38. The van der Waals surface area contributed by atoms with Crippen LogP contribution in [0.4, 0.5) is 0 Å². The summed E-state index contributed by atoms with van der Waals surface area (Å²) in [5, 5.41) is 2.90. The predicted molar refractivity (Wildman–Crippen MR) is 75.6 cm³/mol. The number of unbranched alkanes of at least 4 members (excludes halogenated alkanes) is 1. The summed E-state index contributed by atoms with van der Waals surface area (Å²) in [4.78, 5) is 24.9. The normalized spacial score (nSPS) is 21.0. The first-order valence-corrected chi connectivity index (χ1v) is 7.23. The molecule has 2 aliphatic rings. The van der Waals surface area contributed by atoms with E-state index in [0.29, 0.717) is 31.6 Å². The van der Waals surface area contributed by atoms with Gasteiger partial charge in [0.2, 0.25) is 5.91 Å². The van der Waals surface area contributed by atoms with E-state index in [-0.39, 0.29) is 17.9 Å². The van der Waals surface area contributed by atoms with Gasteiger partial charge in [0.1, 0.15) is 5.76 Å². The second-order valence-corrected chi connectivity index (χ2v) is 5.19. The molecule has 1 saturated heterocycles. The Bertz CT molecular complexity index is 454. The number of likely N-dealkylation sites (N-methyl/N-ethyl adjacent to an activating group) is 1. The molecule has 0 aromatic carbocycles. The molecule has 0 aromatic rings. The first-order chi connectivity index (χ1) is 9.61. The van der Waals surface area contributed by atoms with Crippen LogP contribution in [0.3, 0.4) is 0 Å². The summed E-state index contributed by atoms with van der Waals surface area (Å²) in [5.41, 5.74) is 0.979. The molecule has 5 heteroatoms. The van der Waals surface area contributed by atoms with Crippen molar-refractivity contribution in [2.45, 2.75) is 45.3 Å². The number of carbonyl (C=O) groups excluding carboxylic acids is 2. The van der Waals surface area contributed by atoms with E-state index in [2.05, 4.69) is 12.2 Å². The molecule has 1 N–H and O–H groups in total. The smallest absolute Gasteiger partial charge is 0.219 e. The fraction of sp³-hybridized carbons (Fsp3) is 0.600. The maximum Gasteiger partial charge on any atom is 0.219 e. The molecule has 1 amide bonds. The summed E-state index contributed by atoms with van der Waals surface area (Å²) in [5.74, 6) is 0.829. The van der Waals surface area contributed by atoms with Gasteiger partial charge in [-0.3, -0.25) is 9.59 Å². The summed E-state index contributed by atoms with van der Waals surface area (Å²) in [6, 6.07) is 0. The van der Waals surface area contributed by atoms with Crippen molar-refractivity contribution in [1.82, 2.24) is 10.2 Å². The average molecular weight is 278 g/mol. The lowest BCUT2D eigenvalue weighted by molar-refractivity contribution is -0.121. The third kappa shape index (κ3) is 3.40.